The molecule has 136 valence electrons. The van der Waals surface area contributed by atoms with Crippen molar-refractivity contribution < 1.29 is 37.0 Å². The Kier molecular flexibility index (Phi) is 5.11. The average Bonchev–Trinajstić information content (AvgIpc) is 2.75. The van der Waals surface area contributed by atoms with Crippen LogP contribution in [0.5, 0.6) is 0 Å². The maximum Gasteiger partial charge on any atom is 0.422 e. The number of ether oxygens (including phenoxy) is 3. The predicted molar refractivity (Wildman–Crippen MR) is 77.0 cm³/mol. The van der Waals surface area contributed by atoms with Crippen molar-refractivity contribution in [1.29, 1.82) is 0 Å². The van der Waals surface area contributed by atoms with Crippen LogP contribution < -0.4 is 0 Å². The Labute approximate surface area is 138 Å². The van der Waals surface area contributed by atoms with Crippen LogP contribution in [0.3, 0.4) is 0 Å². The van der Waals surface area contributed by atoms with E-state index < -0.39 is 35.2 Å². The van der Waals surface area contributed by atoms with Crippen LogP contribution >= 0.6 is 0 Å². The van der Waals surface area contributed by atoms with E-state index in [2.05, 4.69) is 6.58 Å². The Balaban J connectivity index is 2.16. The lowest BCUT2D eigenvalue weighted by molar-refractivity contribution is -0.217. The molecule has 2 rings (SSSR count). The quantitative estimate of drug-likeness (QED) is 0.563. The second-order valence-electron chi connectivity index (χ2n) is 6.58. The number of carbonyl (C=O) groups is 2. The summed E-state index contributed by atoms with van der Waals surface area (Å²) < 4.78 is 54.5. The Morgan fingerprint density at radius 3 is 2.58 bits per heavy atom. The molecule has 5 nitrogen and oxygen atoms in total. The molecule has 0 amide bonds. The molecule has 3 atom stereocenters. The van der Waals surface area contributed by atoms with Crippen LogP contribution in [0.2, 0.25) is 0 Å². The Bertz CT molecular complexity index is 544. The third-order valence-corrected chi connectivity index (χ3v) is 4.38. The molecule has 0 spiro atoms. The van der Waals surface area contributed by atoms with Crippen LogP contribution in [0, 0.1) is 0 Å². The van der Waals surface area contributed by atoms with Crippen molar-refractivity contribution >= 4 is 11.8 Å². The summed E-state index contributed by atoms with van der Waals surface area (Å²) in [5.41, 5.74) is -2.73. The van der Waals surface area contributed by atoms with Gasteiger partial charge in [0.15, 0.2) is 11.6 Å². The van der Waals surface area contributed by atoms with Gasteiger partial charge in [0.2, 0.25) is 0 Å². The fourth-order valence-electron chi connectivity index (χ4n) is 3.29. The van der Waals surface area contributed by atoms with Gasteiger partial charge in [-0.15, -0.1) is 0 Å². The van der Waals surface area contributed by atoms with E-state index in [-0.39, 0.29) is 18.8 Å². The number of ketones is 1. The minimum atomic E-state index is -4.84. The van der Waals surface area contributed by atoms with Crippen molar-refractivity contribution in [3.05, 3.63) is 12.2 Å². The standard InChI is InChI=1S/C16H21F3O5/c1-10(20)8-22-14(3)9-15(7-5-4-6-12(15)23-14)24-13(21)11(2)16(17,18)19/h12H,2,4-9H2,1,3H3. The molecule has 1 saturated heterocycles. The van der Waals surface area contributed by atoms with E-state index in [0.29, 0.717) is 19.3 Å². The highest BCUT2D eigenvalue weighted by molar-refractivity contribution is 5.89. The first kappa shape index (κ1) is 18.9. The fourth-order valence-corrected chi connectivity index (χ4v) is 3.29. The van der Waals surface area contributed by atoms with Gasteiger partial charge in [-0.3, -0.25) is 4.79 Å². The molecular formula is C16H21F3O5. The molecule has 0 aromatic rings. The molecule has 0 radical (unpaired) electrons. The van der Waals surface area contributed by atoms with Gasteiger partial charge in [-0.05, 0) is 33.1 Å². The molecule has 0 N–H and O–H groups in total. The first-order chi connectivity index (χ1) is 11.0. The van der Waals surface area contributed by atoms with Crippen LogP contribution in [0.4, 0.5) is 13.2 Å². The van der Waals surface area contributed by atoms with Crippen LogP contribution in [0.1, 0.15) is 46.0 Å². The lowest BCUT2D eigenvalue weighted by Crippen LogP contribution is -2.46. The molecule has 8 heteroatoms. The van der Waals surface area contributed by atoms with E-state index in [4.69, 9.17) is 14.2 Å². The molecule has 3 unspecified atom stereocenters. The second kappa shape index (κ2) is 6.48. The Morgan fingerprint density at radius 2 is 2.00 bits per heavy atom. The lowest BCUT2D eigenvalue weighted by Gasteiger charge is -2.37. The molecule has 1 aliphatic heterocycles. The van der Waals surface area contributed by atoms with E-state index in [1.807, 2.05) is 0 Å². The van der Waals surface area contributed by atoms with Gasteiger partial charge < -0.3 is 14.2 Å². The largest absolute Gasteiger partial charge is 0.452 e. The topological polar surface area (TPSA) is 61.8 Å². The minimum Gasteiger partial charge on any atom is -0.452 e. The van der Waals surface area contributed by atoms with E-state index in [1.165, 1.54) is 6.92 Å². The van der Waals surface area contributed by atoms with Gasteiger partial charge in [0.05, 0.1) is 0 Å². The van der Waals surface area contributed by atoms with Gasteiger partial charge in [0, 0.05) is 6.42 Å². The van der Waals surface area contributed by atoms with Crippen molar-refractivity contribution in [3.63, 3.8) is 0 Å². The number of fused-ring (bicyclic) bond motifs is 1. The summed E-state index contributed by atoms with van der Waals surface area (Å²) in [6.45, 7) is 5.56. The number of carbonyl (C=O) groups excluding carboxylic acids is 2. The van der Waals surface area contributed by atoms with E-state index in [0.717, 1.165) is 6.42 Å². The summed E-state index contributed by atoms with van der Waals surface area (Å²) in [6.07, 6.45) is -2.88. The third kappa shape index (κ3) is 3.97. The molecule has 1 saturated carbocycles. The van der Waals surface area contributed by atoms with Crippen molar-refractivity contribution in [3.8, 4) is 0 Å². The number of hydrogen-bond donors (Lipinski definition) is 0. The minimum absolute atomic E-state index is 0.0782. The number of Topliss-reactive ketones (excluding diaryl/α,β-unsaturated/α-hetero) is 1. The van der Waals surface area contributed by atoms with E-state index in [9.17, 15) is 22.8 Å². The van der Waals surface area contributed by atoms with Gasteiger partial charge >= 0.3 is 12.1 Å². The van der Waals surface area contributed by atoms with Gasteiger partial charge in [0.1, 0.15) is 23.9 Å². The normalized spacial score (nSPS) is 33.0. The molecule has 24 heavy (non-hydrogen) atoms. The fraction of sp³-hybridized carbons (Fsp3) is 0.750. The second-order valence-corrected chi connectivity index (χ2v) is 6.58. The third-order valence-electron chi connectivity index (χ3n) is 4.38. The maximum atomic E-state index is 12.7. The SMILES string of the molecule is C=C(C(=O)OC12CCCCC1OC(C)(OCC(C)=O)C2)C(F)(F)F. The number of alkyl halides is 3. The highest BCUT2D eigenvalue weighted by Crippen LogP contribution is 2.49. The van der Waals surface area contributed by atoms with Crippen LogP contribution in [-0.4, -0.2) is 42.0 Å². The summed E-state index contributed by atoms with van der Waals surface area (Å²) in [6, 6.07) is 0. The van der Waals surface area contributed by atoms with Gasteiger partial charge in [-0.25, -0.2) is 4.79 Å². The first-order valence-electron chi connectivity index (χ1n) is 7.78. The summed E-state index contributed by atoms with van der Waals surface area (Å²) in [4.78, 5) is 23.0. The molecule has 1 aliphatic carbocycles. The van der Waals surface area contributed by atoms with Crippen molar-refractivity contribution in [2.45, 2.75) is 69.6 Å². The van der Waals surface area contributed by atoms with Crippen LogP contribution in [-0.2, 0) is 23.8 Å². The maximum absolute atomic E-state index is 12.7. The Morgan fingerprint density at radius 1 is 1.33 bits per heavy atom. The number of halogens is 3. The monoisotopic (exact) mass is 350 g/mol. The zero-order valence-electron chi connectivity index (χ0n) is 13.7. The van der Waals surface area contributed by atoms with E-state index in [1.54, 1.807) is 6.92 Å². The number of esters is 1. The molecular weight excluding hydrogens is 329 g/mol. The lowest BCUT2D eigenvalue weighted by atomic mass is 9.80. The highest BCUT2D eigenvalue weighted by atomic mass is 19.4. The van der Waals surface area contributed by atoms with Crippen molar-refractivity contribution in [2.75, 3.05) is 6.61 Å². The van der Waals surface area contributed by atoms with Crippen molar-refractivity contribution in [1.82, 2.24) is 0 Å². The predicted octanol–water partition coefficient (Wildman–Crippen LogP) is 3.07. The zero-order valence-corrected chi connectivity index (χ0v) is 13.7. The first-order valence-corrected chi connectivity index (χ1v) is 7.78. The zero-order chi connectivity index (χ0) is 18.2. The van der Waals surface area contributed by atoms with Gasteiger partial charge in [0.25, 0.3) is 0 Å². The summed E-state index contributed by atoms with van der Waals surface area (Å²) in [7, 11) is 0. The van der Waals surface area contributed by atoms with Gasteiger partial charge in [-0.1, -0.05) is 13.0 Å². The summed E-state index contributed by atoms with van der Waals surface area (Å²) in [5, 5.41) is 0. The molecule has 0 bridgehead atoms. The Hall–Kier alpha value is -1.41. The molecule has 0 aromatic heterocycles. The average molecular weight is 350 g/mol. The molecule has 2 aliphatic rings. The van der Waals surface area contributed by atoms with Gasteiger partial charge in [-0.2, -0.15) is 13.2 Å². The number of hydrogen-bond acceptors (Lipinski definition) is 5. The molecule has 2 fully saturated rings. The van der Waals surface area contributed by atoms with Crippen LogP contribution in [0.25, 0.3) is 0 Å². The number of rotatable bonds is 5. The molecule has 1 heterocycles. The van der Waals surface area contributed by atoms with E-state index >= 15 is 0 Å². The summed E-state index contributed by atoms with van der Waals surface area (Å²) >= 11 is 0. The van der Waals surface area contributed by atoms with Crippen LogP contribution in [0.15, 0.2) is 12.2 Å². The molecule has 0 aromatic carbocycles. The highest BCUT2D eigenvalue weighted by Gasteiger charge is 2.58. The summed E-state index contributed by atoms with van der Waals surface area (Å²) in [5.74, 6) is -2.87. The smallest absolute Gasteiger partial charge is 0.422 e. The van der Waals surface area contributed by atoms with Crippen molar-refractivity contribution in [2.24, 2.45) is 0 Å².